The molecule has 3 heterocycles. The Kier molecular flexibility index (Phi) is 9.36. The number of pyridine rings is 1. The number of thiazole rings is 1. The van der Waals surface area contributed by atoms with E-state index in [1.54, 1.807) is 20.8 Å². The highest BCUT2D eigenvalue weighted by molar-refractivity contribution is 7.17. The van der Waals surface area contributed by atoms with Crippen molar-refractivity contribution in [3.8, 4) is 10.4 Å². The number of aromatic nitrogens is 2. The first-order valence-electron chi connectivity index (χ1n) is 13.1. The van der Waals surface area contributed by atoms with Gasteiger partial charge in [0, 0.05) is 38.0 Å². The third kappa shape index (κ3) is 7.68. The topological polar surface area (TPSA) is 99.6 Å². The number of halogens is 3. The highest BCUT2D eigenvalue weighted by Crippen LogP contribution is 2.44. The van der Waals surface area contributed by atoms with Crippen LogP contribution in [-0.2, 0) is 10.9 Å². The molecule has 0 bridgehead atoms. The average molecular weight is 572 g/mol. The van der Waals surface area contributed by atoms with Crippen molar-refractivity contribution in [2.45, 2.75) is 91.4 Å². The molecule has 3 atom stereocenters. The van der Waals surface area contributed by atoms with Crippen LogP contribution in [-0.4, -0.2) is 63.8 Å². The fourth-order valence-corrected chi connectivity index (χ4v) is 5.27. The highest BCUT2D eigenvalue weighted by Gasteiger charge is 2.39. The second kappa shape index (κ2) is 11.7. The van der Waals surface area contributed by atoms with Crippen molar-refractivity contribution in [1.82, 2.24) is 20.2 Å². The van der Waals surface area contributed by atoms with Gasteiger partial charge in [0.2, 0.25) is 0 Å². The second-order valence-electron chi connectivity index (χ2n) is 11.9. The summed E-state index contributed by atoms with van der Waals surface area (Å²) in [6.07, 6.45) is -2.41. The van der Waals surface area contributed by atoms with E-state index in [4.69, 9.17) is 4.74 Å². The molecule has 1 unspecified atom stereocenters. The number of nitrogens with zero attached hydrogens (tertiary/aromatic N) is 3. The molecule has 1 amide bonds. The molecule has 1 aliphatic heterocycles. The van der Waals surface area contributed by atoms with Gasteiger partial charge in [-0.25, -0.2) is 9.97 Å². The standard InChI is InChI=1S/C27H40F3N5O3S/c1-15-10-9-11-35(15)24(38-8)20-21(39-23(34-20)22(36)33-16(2)26(6,7)37)17-13-31-19(32-14-25(3,4)5)12-18(17)27(28,29)30/h12-13,15-16,24,37H,9-11,14H2,1-8H3,(H,31,32)(H,33,36)/t15-,16+,24?/m0/s1. The first kappa shape index (κ1) is 31.3. The van der Waals surface area contributed by atoms with Gasteiger partial charge in [0.1, 0.15) is 11.5 Å². The van der Waals surface area contributed by atoms with Gasteiger partial charge in [-0.2, -0.15) is 13.2 Å². The molecule has 1 saturated heterocycles. The number of carbonyl (C=O) groups excluding carboxylic acids is 1. The maximum absolute atomic E-state index is 14.4. The minimum Gasteiger partial charge on any atom is -0.388 e. The molecule has 2 aromatic rings. The number of ether oxygens (including phenoxy) is 1. The molecule has 0 aliphatic carbocycles. The summed E-state index contributed by atoms with van der Waals surface area (Å²) < 4.78 is 49.0. The summed E-state index contributed by atoms with van der Waals surface area (Å²) in [5, 5.41) is 15.9. The Morgan fingerprint density at radius 1 is 1.28 bits per heavy atom. The maximum atomic E-state index is 14.4. The van der Waals surface area contributed by atoms with Crippen LogP contribution < -0.4 is 10.6 Å². The Labute approximate surface area is 232 Å². The van der Waals surface area contributed by atoms with Crippen molar-refractivity contribution in [1.29, 1.82) is 0 Å². The number of anilines is 1. The van der Waals surface area contributed by atoms with Gasteiger partial charge in [0.25, 0.3) is 5.91 Å². The quantitative estimate of drug-likeness (QED) is 0.355. The monoisotopic (exact) mass is 571 g/mol. The van der Waals surface area contributed by atoms with E-state index >= 15 is 0 Å². The lowest BCUT2D eigenvalue weighted by molar-refractivity contribution is -0.137. The number of alkyl halides is 3. The van der Waals surface area contributed by atoms with Crippen LogP contribution in [0.3, 0.4) is 0 Å². The molecule has 3 rings (SSSR count). The molecule has 0 radical (unpaired) electrons. The summed E-state index contributed by atoms with van der Waals surface area (Å²) in [4.78, 5) is 24.2. The van der Waals surface area contributed by atoms with E-state index in [1.165, 1.54) is 13.3 Å². The summed E-state index contributed by atoms with van der Waals surface area (Å²) in [6, 6.07) is 0.500. The van der Waals surface area contributed by atoms with Crippen LogP contribution in [0.25, 0.3) is 10.4 Å². The minimum atomic E-state index is -4.68. The lowest BCUT2D eigenvalue weighted by Crippen LogP contribution is -2.47. The molecular formula is C27H40F3N5O3S. The van der Waals surface area contributed by atoms with E-state index < -0.39 is 35.5 Å². The van der Waals surface area contributed by atoms with Gasteiger partial charge in [-0.1, -0.05) is 20.8 Å². The molecule has 1 fully saturated rings. The Morgan fingerprint density at radius 3 is 2.46 bits per heavy atom. The van der Waals surface area contributed by atoms with Gasteiger partial charge < -0.3 is 20.5 Å². The van der Waals surface area contributed by atoms with Gasteiger partial charge in [0.05, 0.1) is 22.1 Å². The Bertz CT molecular complexity index is 1160. The van der Waals surface area contributed by atoms with Crippen LogP contribution in [0.5, 0.6) is 0 Å². The van der Waals surface area contributed by atoms with Crippen molar-refractivity contribution < 1.29 is 27.8 Å². The van der Waals surface area contributed by atoms with E-state index in [2.05, 4.69) is 20.6 Å². The van der Waals surface area contributed by atoms with Gasteiger partial charge in [-0.15, -0.1) is 11.3 Å². The van der Waals surface area contributed by atoms with E-state index in [0.717, 1.165) is 30.2 Å². The molecule has 39 heavy (non-hydrogen) atoms. The Balaban J connectivity index is 2.15. The molecule has 12 heteroatoms. The Hall–Kier alpha value is -2.28. The number of rotatable bonds is 9. The van der Waals surface area contributed by atoms with Crippen LogP contribution >= 0.6 is 11.3 Å². The third-order valence-corrected chi connectivity index (χ3v) is 7.97. The number of methoxy groups -OCH3 is 1. The molecule has 8 nitrogen and oxygen atoms in total. The molecule has 1 aliphatic rings. The zero-order valence-electron chi connectivity index (χ0n) is 23.9. The SMILES string of the molecule is COC(c1nc(C(=O)N[C@H](C)C(C)(C)O)sc1-c1cnc(NCC(C)(C)C)cc1C(F)(F)F)N1CCC[C@@H]1C. The predicted molar refractivity (Wildman–Crippen MR) is 147 cm³/mol. The normalized spacial score (nSPS) is 18.7. The third-order valence-electron chi connectivity index (χ3n) is 6.87. The van der Waals surface area contributed by atoms with Gasteiger partial charge in [-0.3, -0.25) is 9.69 Å². The summed E-state index contributed by atoms with van der Waals surface area (Å²) in [5.74, 6) is -0.475. The summed E-state index contributed by atoms with van der Waals surface area (Å²) in [5.41, 5.74) is -2.17. The van der Waals surface area contributed by atoms with Gasteiger partial charge >= 0.3 is 6.18 Å². The largest absolute Gasteiger partial charge is 0.417 e. The maximum Gasteiger partial charge on any atom is 0.417 e. The first-order valence-corrected chi connectivity index (χ1v) is 13.9. The van der Waals surface area contributed by atoms with Gasteiger partial charge in [-0.05, 0) is 52.0 Å². The number of aliphatic hydroxyl groups is 1. The molecule has 0 aromatic carbocycles. The average Bonchev–Trinajstić information content (AvgIpc) is 3.44. The van der Waals surface area contributed by atoms with Crippen LogP contribution in [0, 0.1) is 5.41 Å². The number of nitrogens with one attached hydrogen (secondary N) is 2. The Morgan fingerprint density at radius 2 is 1.95 bits per heavy atom. The highest BCUT2D eigenvalue weighted by atomic mass is 32.1. The fourth-order valence-electron chi connectivity index (χ4n) is 4.26. The zero-order valence-corrected chi connectivity index (χ0v) is 24.7. The van der Waals surface area contributed by atoms with Crippen molar-refractivity contribution in [2.24, 2.45) is 5.41 Å². The number of carbonyl (C=O) groups is 1. The minimum absolute atomic E-state index is 0.0203. The van der Waals surface area contributed by atoms with Crippen LogP contribution in [0.1, 0.15) is 88.6 Å². The number of likely N-dealkylation sites (tertiary alicyclic amines) is 1. The smallest absolute Gasteiger partial charge is 0.388 e. The van der Waals surface area contributed by atoms with Crippen molar-refractivity contribution in [3.05, 3.63) is 28.5 Å². The van der Waals surface area contributed by atoms with Crippen LogP contribution in [0.15, 0.2) is 12.3 Å². The van der Waals surface area contributed by atoms with E-state index in [1.807, 2.05) is 32.6 Å². The van der Waals surface area contributed by atoms with Gasteiger partial charge in [0.15, 0.2) is 11.2 Å². The van der Waals surface area contributed by atoms with E-state index in [-0.39, 0.29) is 38.4 Å². The lowest BCUT2D eigenvalue weighted by Gasteiger charge is -2.30. The fraction of sp³-hybridized carbons (Fsp3) is 0.667. The first-order chi connectivity index (χ1) is 17.9. The van der Waals surface area contributed by atoms with Crippen molar-refractivity contribution >= 4 is 23.1 Å². The van der Waals surface area contributed by atoms with Crippen molar-refractivity contribution in [2.75, 3.05) is 25.5 Å². The molecule has 0 spiro atoms. The summed E-state index contributed by atoms with van der Waals surface area (Å²) in [6.45, 7) is 13.8. The number of hydrogen-bond donors (Lipinski definition) is 3. The molecule has 0 saturated carbocycles. The summed E-state index contributed by atoms with van der Waals surface area (Å²) in [7, 11) is 1.48. The summed E-state index contributed by atoms with van der Waals surface area (Å²) >= 11 is 0.859. The van der Waals surface area contributed by atoms with E-state index in [0.29, 0.717) is 13.1 Å². The molecule has 3 N–H and O–H groups in total. The van der Waals surface area contributed by atoms with E-state index in [9.17, 15) is 23.1 Å². The molecule has 218 valence electrons. The van der Waals surface area contributed by atoms with Crippen LogP contribution in [0.2, 0.25) is 0 Å². The number of hydrogen-bond acceptors (Lipinski definition) is 8. The zero-order chi connectivity index (χ0) is 29.3. The number of amides is 1. The van der Waals surface area contributed by atoms with Crippen LogP contribution in [0.4, 0.5) is 19.0 Å². The second-order valence-corrected chi connectivity index (χ2v) is 12.9. The molecular weight excluding hydrogens is 531 g/mol. The lowest BCUT2D eigenvalue weighted by atomic mass is 9.97. The predicted octanol–water partition coefficient (Wildman–Crippen LogP) is 5.70. The molecule has 2 aromatic heterocycles. The van der Waals surface area contributed by atoms with Crippen molar-refractivity contribution in [3.63, 3.8) is 0 Å².